The zero-order valence-electron chi connectivity index (χ0n) is 17.5. The minimum absolute atomic E-state index is 0.0114. The predicted octanol–water partition coefficient (Wildman–Crippen LogP) is 5.75. The molecule has 5 nitrogen and oxygen atoms in total. The number of carbonyl (C=O) groups excluding carboxylic acids is 2. The van der Waals surface area contributed by atoms with Crippen LogP contribution in [0, 0.1) is 0 Å². The lowest BCUT2D eigenvalue weighted by atomic mass is 10.0. The van der Waals surface area contributed by atoms with E-state index in [1.54, 1.807) is 79.9 Å². The molecule has 0 atom stereocenters. The summed E-state index contributed by atoms with van der Waals surface area (Å²) in [6.07, 6.45) is 1.55. The van der Waals surface area contributed by atoms with Crippen molar-refractivity contribution in [2.24, 2.45) is 0 Å². The Morgan fingerprint density at radius 2 is 1.64 bits per heavy atom. The Bertz CT molecular complexity index is 1260. The Hall–Kier alpha value is -3.19. The number of carbonyl (C=O) groups is 2. The third-order valence-electron chi connectivity index (χ3n) is 5.12. The minimum atomic E-state index is -0.501. The van der Waals surface area contributed by atoms with Crippen LogP contribution in [-0.2, 0) is 16.1 Å². The monoisotopic (exact) mass is 496 g/mol. The van der Waals surface area contributed by atoms with Crippen LogP contribution in [0.1, 0.15) is 11.1 Å². The van der Waals surface area contributed by atoms with Crippen molar-refractivity contribution >= 4 is 64.1 Å². The van der Waals surface area contributed by atoms with Crippen LogP contribution in [0.3, 0.4) is 0 Å². The van der Waals surface area contributed by atoms with Gasteiger partial charge < -0.3 is 4.74 Å². The Labute approximate surface area is 206 Å². The molecule has 0 spiro atoms. The number of rotatable bonds is 5. The molecule has 0 unspecified atom stereocenters. The van der Waals surface area contributed by atoms with Crippen molar-refractivity contribution in [3.63, 3.8) is 0 Å². The van der Waals surface area contributed by atoms with Crippen LogP contribution < -0.4 is 9.64 Å². The van der Waals surface area contributed by atoms with Gasteiger partial charge in [-0.05, 0) is 65.8 Å². The van der Waals surface area contributed by atoms with Crippen LogP contribution in [0.15, 0.2) is 78.4 Å². The molecule has 1 fully saturated rings. The first-order valence-corrected chi connectivity index (χ1v) is 11.1. The van der Waals surface area contributed by atoms with Gasteiger partial charge in [0.1, 0.15) is 11.3 Å². The van der Waals surface area contributed by atoms with E-state index in [9.17, 15) is 9.59 Å². The van der Waals surface area contributed by atoms with E-state index in [2.05, 4.69) is 0 Å². The molecule has 1 aliphatic heterocycles. The summed E-state index contributed by atoms with van der Waals surface area (Å²) in [5.74, 6) is -0.325. The number of thiocarbonyl (C=S) groups is 1. The summed E-state index contributed by atoms with van der Waals surface area (Å²) in [6, 6.07) is 21.0. The number of anilines is 1. The van der Waals surface area contributed by atoms with E-state index in [0.717, 1.165) is 0 Å². The van der Waals surface area contributed by atoms with Gasteiger partial charge in [-0.15, -0.1) is 0 Å². The second-order valence-electron chi connectivity index (χ2n) is 7.22. The number of para-hydroxylation sites is 1. The molecule has 0 saturated carbocycles. The molecule has 1 heterocycles. The zero-order chi connectivity index (χ0) is 23.5. The fraction of sp³-hybridized carbons (Fsp3) is 0.0800. The van der Waals surface area contributed by atoms with E-state index in [0.29, 0.717) is 32.6 Å². The number of hydrogen-bond acceptors (Lipinski definition) is 4. The van der Waals surface area contributed by atoms with Gasteiger partial charge in [-0.3, -0.25) is 19.4 Å². The largest absolute Gasteiger partial charge is 0.497 e. The molecule has 1 aliphatic rings. The van der Waals surface area contributed by atoms with Crippen LogP contribution in [0.25, 0.3) is 6.08 Å². The lowest BCUT2D eigenvalue weighted by Gasteiger charge is -2.36. The van der Waals surface area contributed by atoms with Crippen LogP contribution in [0.5, 0.6) is 5.75 Å². The summed E-state index contributed by atoms with van der Waals surface area (Å²) in [4.78, 5) is 29.6. The van der Waals surface area contributed by atoms with Crippen LogP contribution in [0.2, 0.25) is 10.0 Å². The fourth-order valence-electron chi connectivity index (χ4n) is 3.41. The van der Waals surface area contributed by atoms with Crippen molar-refractivity contribution in [1.82, 2.24) is 4.90 Å². The molecule has 1 saturated heterocycles. The van der Waals surface area contributed by atoms with E-state index in [1.165, 1.54) is 9.80 Å². The van der Waals surface area contributed by atoms with Crippen molar-refractivity contribution < 1.29 is 14.3 Å². The Kier molecular flexibility index (Phi) is 6.79. The number of nitrogens with zero attached hydrogens (tertiary/aromatic N) is 2. The topological polar surface area (TPSA) is 49.9 Å². The van der Waals surface area contributed by atoms with Gasteiger partial charge in [0.15, 0.2) is 5.11 Å². The van der Waals surface area contributed by atoms with E-state index in [1.807, 2.05) is 6.07 Å². The number of halogens is 2. The molecule has 8 heteroatoms. The molecular formula is C25H18Cl2N2O3S. The molecule has 0 radical (unpaired) electrons. The summed E-state index contributed by atoms with van der Waals surface area (Å²) >= 11 is 18.0. The van der Waals surface area contributed by atoms with Crippen molar-refractivity contribution in [3.8, 4) is 5.75 Å². The average Bonchev–Trinajstić information content (AvgIpc) is 2.82. The first kappa shape index (κ1) is 23.0. The third-order valence-corrected chi connectivity index (χ3v) is 6.11. The second kappa shape index (κ2) is 9.75. The minimum Gasteiger partial charge on any atom is -0.497 e. The summed E-state index contributed by atoms with van der Waals surface area (Å²) in [5.41, 5.74) is 1.89. The normalized spacial score (nSPS) is 15.4. The quantitative estimate of drug-likeness (QED) is 0.256. The van der Waals surface area contributed by atoms with Gasteiger partial charge in [-0.1, -0.05) is 59.6 Å². The number of ether oxygens (including phenoxy) is 1. The third kappa shape index (κ3) is 4.78. The number of methoxy groups -OCH3 is 1. The second-order valence-corrected chi connectivity index (χ2v) is 8.43. The number of benzene rings is 3. The predicted molar refractivity (Wildman–Crippen MR) is 135 cm³/mol. The van der Waals surface area contributed by atoms with Crippen molar-refractivity contribution in [2.45, 2.75) is 6.54 Å². The summed E-state index contributed by atoms with van der Waals surface area (Å²) < 4.78 is 5.18. The molecule has 2 amide bonds. The highest BCUT2D eigenvalue weighted by molar-refractivity contribution is 7.80. The molecule has 4 rings (SSSR count). The van der Waals surface area contributed by atoms with Gasteiger partial charge in [-0.2, -0.15) is 0 Å². The summed E-state index contributed by atoms with van der Waals surface area (Å²) in [6.45, 7) is 0.0875. The molecule has 33 heavy (non-hydrogen) atoms. The smallest absolute Gasteiger partial charge is 0.270 e. The highest BCUT2D eigenvalue weighted by Crippen LogP contribution is 2.29. The van der Waals surface area contributed by atoms with Gasteiger partial charge >= 0.3 is 0 Å². The Morgan fingerprint density at radius 3 is 2.27 bits per heavy atom. The molecule has 3 aromatic carbocycles. The van der Waals surface area contributed by atoms with Crippen molar-refractivity contribution in [3.05, 3.63) is 99.5 Å². The SMILES string of the molecule is COc1ccc(/C=C2\C(=O)N(Cc3ccc(Cl)cc3Cl)C(=S)N(c3ccccc3)C2=O)cc1. The number of amides is 2. The maximum Gasteiger partial charge on any atom is 0.270 e. The van der Waals surface area contributed by atoms with Crippen LogP contribution in [-0.4, -0.2) is 28.9 Å². The lowest BCUT2D eigenvalue weighted by molar-refractivity contribution is -0.128. The van der Waals surface area contributed by atoms with Gasteiger partial charge in [0.2, 0.25) is 0 Å². The van der Waals surface area contributed by atoms with Crippen molar-refractivity contribution in [2.75, 3.05) is 12.0 Å². The molecule has 0 N–H and O–H groups in total. The zero-order valence-corrected chi connectivity index (χ0v) is 19.8. The van der Waals surface area contributed by atoms with Crippen LogP contribution in [0.4, 0.5) is 5.69 Å². The molecule has 166 valence electrons. The summed E-state index contributed by atoms with van der Waals surface area (Å²) in [5, 5.41) is 0.966. The van der Waals surface area contributed by atoms with E-state index in [4.69, 9.17) is 40.2 Å². The molecule has 0 aromatic heterocycles. The first-order valence-electron chi connectivity index (χ1n) is 9.94. The Balaban J connectivity index is 1.78. The molecule has 0 bridgehead atoms. The van der Waals surface area contributed by atoms with Gasteiger partial charge in [0.05, 0.1) is 19.3 Å². The lowest BCUT2D eigenvalue weighted by Crippen LogP contribution is -2.56. The summed E-state index contributed by atoms with van der Waals surface area (Å²) in [7, 11) is 1.57. The molecular weight excluding hydrogens is 479 g/mol. The van der Waals surface area contributed by atoms with E-state index in [-0.39, 0.29) is 17.2 Å². The number of hydrogen-bond donors (Lipinski definition) is 0. The first-order chi connectivity index (χ1) is 15.9. The maximum absolute atomic E-state index is 13.5. The van der Waals surface area contributed by atoms with Crippen molar-refractivity contribution in [1.29, 1.82) is 0 Å². The highest BCUT2D eigenvalue weighted by atomic mass is 35.5. The van der Waals surface area contributed by atoms with Gasteiger partial charge in [0, 0.05) is 10.0 Å². The van der Waals surface area contributed by atoms with E-state index >= 15 is 0 Å². The van der Waals surface area contributed by atoms with Crippen LogP contribution >= 0.6 is 35.4 Å². The molecule has 0 aliphatic carbocycles. The Morgan fingerprint density at radius 1 is 0.939 bits per heavy atom. The molecule has 3 aromatic rings. The maximum atomic E-state index is 13.5. The average molecular weight is 497 g/mol. The van der Waals surface area contributed by atoms with E-state index < -0.39 is 11.8 Å². The fourth-order valence-corrected chi connectivity index (χ4v) is 4.21. The van der Waals surface area contributed by atoms with Gasteiger partial charge in [0.25, 0.3) is 11.8 Å². The standard InChI is InChI=1S/C25H18Cl2N2O3S/c1-32-20-11-7-16(8-12-20)13-21-23(30)28(15-17-9-10-18(26)14-22(17)27)25(33)29(24(21)31)19-5-3-2-4-6-19/h2-14H,15H2,1H3/b21-13+. The van der Waals surface area contributed by atoms with Gasteiger partial charge in [-0.25, -0.2) is 0 Å². The highest BCUT2D eigenvalue weighted by Gasteiger charge is 2.40.